The van der Waals surface area contributed by atoms with Gasteiger partial charge in [0.2, 0.25) is 0 Å². The summed E-state index contributed by atoms with van der Waals surface area (Å²) in [5.74, 6) is -0.281. The van der Waals surface area contributed by atoms with Gasteiger partial charge in [0.15, 0.2) is 5.78 Å². The number of aliphatic hydroxyl groups excluding tert-OH is 1. The lowest BCUT2D eigenvalue weighted by Gasteiger charge is -2.13. The second kappa shape index (κ2) is 5.24. The van der Waals surface area contributed by atoms with Gasteiger partial charge in [0.25, 0.3) is 0 Å². The van der Waals surface area contributed by atoms with E-state index >= 15 is 0 Å². The summed E-state index contributed by atoms with van der Waals surface area (Å²) in [6.07, 6.45) is 2.30. The number of hydrogen-bond acceptors (Lipinski definition) is 3. The molecular weight excluding hydrogens is 214 g/mol. The SMILES string of the molecule is CC(C)C(O)C(=O)Cc1ccncc1Cl. The molecule has 1 rings (SSSR count). The van der Waals surface area contributed by atoms with Gasteiger partial charge in [-0.2, -0.15) is 0 Å². The highest BCUT2D eigenvalue weighted by Crippen LogP contribution is 2.16. The summed E-state index contributed by atoms with van der Waals surface area (Å²) in [5, 5.41) is 10.00. The maximum atomic E-state index is 11.6. The first-order chi connectivity index (χ1) is 7.02. The number of carbonyl (C=O) groups excluding carboxylic acids is 1. The Labute approximate surface area is 94.1 Å². The van der Waals surface area contributed by atoms with Gasteiger partial charge in [0.05, 0.1) is 5.02 Å². The maximum absolute atomic E-state index is 11.6. The number of hydrogen-bond donors (Lipinski definition) is 1. The number of nitrogens with zero attached hydrogens (tertiary/aromatic N) is 1. The minimum absolute atomic E-state index is 0.0712. The van der Waals surface area contributed by atoms with E-state index < -0.39 is 6.10 Å². The number of pyridine rings is 1. The minimum atomic E-state index is -0.922. The standard InChI is InChI=1S/C11H14ClNO2/c1-7(2)11(15)10(14)5-8-3-4-13-6-9(8)12/h3-4,6-7,11,15H,5H2,1-2H3. The predicted molar refractivity (Wildman–Crippen MR) is 58.8 cm³/mol. The summed E-state index contributed by atoms with van der Waals surface area (Å²) >= 11 is 5.86. The van der Waals surface area contributed by atoms with Crippen LogP contribution in [-0.4, -0.2) is 22.0 Å². The van der Waals surface area contributed by atoms with Gasteiger partial charge >= 0.3 is 0 Å². The van der Waals surface area contributed by atoms with Crippen LogP contribution in [0.1, 0.15) is 19.4 Å². The molecule has 0 aliphatic rings. The summed E-state index contributed by atoms with van der Waals surface area (Å²) in [7, 11) is 0. The van der Waals surface area contributed by atoms with Crippen LogP contribution in [0.25, 0.3) is 0 Å². The monoisotopic (exact) mass is 227 g/mol. The molecule has 0 radical (unpaired) electrons. The summed E-state index contributed by atoms with van der Waals surface area (Å²) in [6.45, 7) is 3.60. The van der Waals surface area contributed by atoms with Crippen LogP contribution in [0.4, 0.5) is 0 Å². The van der Waals surface area contributed by atoms with Gasteiger partial charge in [0, 0.05) is 18.8 Å². The summed E-state index contributed by atoms with van der Waals surface area (Å²) in [4.78, 5) is 15.4. The van der Waals surface area contributed by atoms with Crippen molar-refractivity contribution in [2.24, 2.45) is 5.92 Å². The zero-order valence-corrected chi connectivity index (χ0v) is 9.53. The number of aliphatic hydroxyl groups is 1. The number of Topliss-reactive ketones (excluding diaryl/α,β-unsaturated/α-hetero) is 1. The topological polar surface area (TPSA) is 50.2 Å². The lowest BCUT2D eigenvalue weighted by atomic mass is 9.98. The van der Waals surface area contributed by atoms with Crippen molar-refractivity contribution < 1.29 is 9.90 Å². The molecule has 0 fully saturated rings. The van der Waals surface area contributed by atoms with E-state index in [-0.39, 0.29) is 18.1 Å². The molecule has 0 aliphatic carbocycles. The molecule has 4 heteroatoms. The first kappa shape index (κ1) is 12.1. The second-order valence-electron chi connectivity index (χ2n) is 3.80. The van der Waals surface area contributed by atoms with Gasteiger partial charge in [-0.15, -0.1) is 0 Å². The van der Waals surface area contributed by atoms with E-state index in [0.29, 0.717) is 10.6 Å². The van der Waals surface area contributed by atoms with Crippen LogP contribution >= 0.6 is 11.6 Å². The Kier molecular flexibility index (Phi) is 4.24. The summed E-state index contributed by atoms with van der Waals surface area (Å²) in [5.41, 5.74) is 0.705. The lowest BCUT2D eigenvalue weighted by molar-refractivity contribution is -0.128. The fourth-order valence-electron chi connectivity index (χ4n) is 1.21. The molecule has 1 aromatic heterocycles. The fraction of sp³-hybridized carbons (Fsp3) is 0.455. The van der Waals surface area contributed by atoms with E-state index in [9.17, 15) is 9.90 Å². The molecule has 15 heavy (non-hydrogen) atoms. The van der Waals surface area contributed by atoms with Crippen LogP contribution in [-0.2, 0) is 11.2 Å². The van der Waals surface area contributed by atoms with Crippen LogP contribution in [0.3, 0.4) is 0 Å². The van der Waals surface area contributed by atoms with Gasteiger partial charge in [-0.1, -0.05) is 25.4 Å². The average molecular weight is 228 g/mol. The first-order valence-electron chi connectivity index (χ1n) is 4.81. The number of rotatable bonds is 4. The Balaban J connectivity index is 2.71. The van der Waals surface area contributed by atoms with Crippen molar-refractivity contribution in [3.05, 3.63) is 29.0 Å². The number of halogens is 1. The fourth-order valence-corrected chi connectivity index (χ4v) is 1.40. The predicted octanol–water partition coefficient (Wildman–Crippen LogP) is 1.86. The third kappa shape index (κ3) is 3.29. The van der Waals surface area contributed by atoms with E-state index in [1.54, 1.807) is 26.1 Å². The number of carbonyl (C=O) groups is 1. The Morgan fingerprint density at radius 2 is 2.27 bits per heavy atom. The Morgan fingerprint density at radius 1 is 1.60 bits per heavy atom. The minimum Gasteiger partial charge on any atom is -0.385 e. The molecule has 3 nitrogen and oxygen atoms in total. The highest BCUT2D eigenvalue weighted by atomic mass is 35.5. The smallest absolute Gasteiger partial charge is 0.165 e. The van der Waals surface area contributed by atoms with Crippen molar-refractivity contribution in [1.29, 1.82) is 0 Å². The average Bonchev–Trinajstić information content (AvgIpc) is 2.20. The molecule has 0 saturated carbocycles. The van der Waals surface area contributed by atoms with Crippen molar-refractivity contribution in [3.8, 4) is 0 Å². The third-order valence-corrected chi connectivity index (χ3v) is 2.52. The molecule has 0 aliphatic heterocycles. The van der Waals surface area contributed by atoms with Gasteiger partial charge in [-0.05, 0) is 17.5 Å². The normalized spacial score (nSPS) is 12.9. The molecule has 1 heterocycles. The van der Waals surface area contributed by atoms with Gasteiger partial charge in [-0.3, -0.25) is 9.78 Å². The van der Waals surface area contributed by atoms with Crippen LogP contribution in [0, 0.1) is 5.92 Å². The van der Waals surface area contributed by atoms with Crippen LogP contribution in [0.5, 0.6) is 0 Å². The van der Waals surface area contributed by atoms with Crippen molar-refractivity contribution in [2.75, 3.05) is 0 Å². The van der Waals surface area contributed by atoms with E-state index in [2.05, 4.69) is 4.98 Å². The Bertz CT molecular complexity index is 352. The Morgan fingerprint density at radius 3 is 2.80 bits per heavy atom. The highest BCUT2D eigenvalue weighted by Gasteiger charge is 2.19. The summed E-state index contributed by atoms with van der Waals surface area (Å²) in [6, 6.07) is 1.69. The van der Waals surface area contributed by atoms with E-state index in [1.807, 2.05) is 0 Å². The van der Waals surface area contributed by atoms with Gasteiger partial charge < -0.3 is 5.11 Å². The van der Waals surface area contributed by atoms with Crippen molar-refractivity contribution >= 4 is 17.4 Å². The highest BCUT2D eigenvalue weighted by molar-refractivity contribution is 6.31. The molecule has 0 bridgehead atoms. The van der Waals surface area contributed by atoms with Gasteiger partial charge in [0.1, 0.15) is 6.10 Å². The quantitative estimate of drug-likeness (QED) is 0.854. The second-order valence-corrected chi connectivity index (χ2v) is 4.21. The molecule has 0 aromatic carbocycles. The summed E-state index contributed by atoms with van der Waals surface area (Å²) < 4.78 is 0. The van der Waals surface area contributed by atoms with Crippen LogP contribution in [0.15, 0.2) is 18.5 Å². The number of ketones is 1. The van der Waals surface area contributed by atoms with E-state index in [1.165, 1.54) is 6.20 Å². The van der Waals surface area contributed by atoms with Crippen molar-refractivity contribution in [2.45, 2.75) is 26.4 Å². The third-order valence-electron chi connectivity index (χ3n) is 2.18. The van der Waals surface area contributed by atoms with Crippen molar-refractivity contribution in [1.82, 2.24) is 4.98 Å². The zero-order valence-electron chi connectivity index (χ0n) is 8.77. The Hall–Kier alpha value is -0.930. The molecule has 82 valence electrons. The maximum Gasteiger partial charge on any atom is 0.165 e. The van der Waals surface area contributed by atoms with Crippen molar-refractivity contribution in [3.63, 3.8) is 0 Å². The molecule has 0 spiro atoms. The number of aromatic nitrogens is 1. The molecular formula is C11H14ClNO2. The van der Waals surface area contributed by atoms with Crippen LogP contribution < -0.4 is 0 Å². The molecule has 1 unspecified atom stereocenters. The van der Waals surface area contributed by atoms with Crippen LogP contribution in [0.2, 0.25) is 5.02 Å². The lowest BCUT2D eigenvalue weighted by Crippen LogP contribution is -2.27. The molecule has 0 amide bonds. The largest absolute Gasteiger partial charge is 0.385 e. The molecule has 0 saturated heterocycles. The molecule has 1 N–H and O–H groups in total. The van der Waals surface area contributed by atoms with Gasteiger partial charge in [-0.25, -0.2) is 0 Å². The molecule has 1 aromatic rings. The van der Waals surface area contributed by atoms with E-state index in [0.717, 1.165) is 0 Å². The molecule has 1 atom stereocenters. The van der Waals surface area contributed by atoms with E-state index in [4.69, 9.17) is 11.6 Å². The first-order valence-corrected chi connectivity index (χ1v) is 5.19. The zero-order chi connectivity index (χ0) is 11.4.